The van der Waals surface area contributed by atoms with Crippen LogP contribution in [0.25, 0.3) is 0 Å². The van der Waals surface area contributed by atoms with Gasteiger partial charge in [-0.3, -0.25) is 9.59 Å². The molecule has 0 aromatic heterocycles. The summed E-state index contributed by atoms with van der Waals surface area (Å²) >= 11 is 1.63. The van der Waals surface area contributed by atoms with Gasteiger partial charge in [0.25, 0.3) is 0 Å². The molecule has 8 nitrogen and oxygen atoms in total. The molecule has 2 aliphatic heterocycles. The largest absolute Gasteiger partial charge is 0.334 e. The number of rotatable bonds is 8. The lowest BCUT2D eigenvalue weighted by molar-refractivity contribution is -0.191. The first-order valence-corrected chi connectivity index (χ1v) is 13.8. The first kappa shape index (κ1) is 26.6. The molecule has 0 radical (unpaired) electrons. The molecular formula is C28H33N5O3S. The lowest BCUT2D eigenvalue weighted by Crippen LogP contribution is -2.76. The van der Waals surface area contributed by atoms with E-state index in [9.17, 15) is 14.4 Å². The third kappa shape index (κ3) is 5.76. The van der Waals surface area contributed by atoms with Crippen LogP contribution >= 0.6 is 11.8 Å². The summed E-state index contributed by atoms with van der Waals surface area (Å²) in [5, 5.41) is 6.14. The number of hydrogen-bond acceptors (Lipinski definition) is 5. The molecule has 2 heterocycles. The van der Waals surface area contributed by atoms with Gasteiger partial charge in [-0.25, -0.2) is 9.80 Å². The van der Waals surface area contributed by atoms with Crippen LogP contribution in [0.3, 0.4) is 0 Å². The molecule has 3 atom stereocenters. The Morgan fingerprint density at radius 2 is 1.81 bits per heavy atom. The minimum absolute atomic E-state index is 0.0588. The number of amides is 4. The summed E-state index contributed by atoms with van der Waals surface area (Å²) < 4.78 is 0. The summed E-state index contributed by atoms with van der Waals surface area (Å²) in [5.74, 6) is 3.00. The zero-order chi connectivity index (χ0) is 26.4. The van der Waals surface area contributed by atoms with Crippen molar-refractivity contribution < 1.29 is 14.4 Å². The van der Waals surface area contributed by atoms with Gasteiger partial charge in [0, 0.05) is 6.54 Å². The third-order valence-electron chi connectivity index (χ3n) is 6.89. The summed E-state index contributed by atoms with van der Waals surface area (Å²) in [4.78, 5) is 44.2. The van der Waals surface area contributed by atoms with Gasteiger partial charge in [0.1, 0.15) is 12.2 Å². The number of thioether (sulfide) groups is 1. The zero-order valence-electron chi connectivity index (χ0n) is 21.2. The van der Waals surface area contributed by atoms with E-state index in [-0.39, 0.29) is 43.5 Å². The number of urea groups is 1. The molecule has 0 bridgehead atoms. The van der Waals surface area contributed by atoms with E-state index >= 15 is 0 Å². The Bertz CT molecular complexity index is 1140. The summed E-state index contributed by atoms with van der Waals surface area (Å²) in [6, 6.07) is 18.2. The number of carbonyl (C=O) groups is 3. The van der Waals surface area contributed by atoms with Crippen molar-refractivity contribution in [2.24, 2.45) is 0 Å². The van der Waals surface area contributed by atoms with Gasteiger partial charge in [-0.05, 0) is 36.5 Å². The maximum Gasteiger partial charge on any atom is 0.334 e. The fraction of sp³-hybridized carbons (Fsp3) is 0.393. The maximum atomic E-state index is 13.8. The predicted octanol–water partition coefficient (Wildman–Crippen LogP) is 2.94. The van der Waals surface area contributed by atoms with Crippen LogP contribution in [-0.2, 0) is 16.1 Å². The molecular weight excluding hydrogens is 486 g/mol. The molecule has 2 aromatic rings. The number of hydrogen-bond donors (Lipinski definition) is 1. The van der Waals surface area contributed by atoms with E-state index in [4.69, 9.17) is 6.42 Å². The second-order valence-electron chi connectivity index (χ2n) is 9.17. The van der Waals surface area contributed by atoms with Gasteiger partial charge in [-0.15, -0.1) is 6.42 Å². The van der Waals surface area contributed by atoms with Crippen molar-refractivity contribution in [3.63, 3.8) is 0 Å². The molecule has 2 aliphatic rings. The average molecular weight is 520 g/mol. The van der Waals surface area contributed by atoms with Crippen LogP contribution in [0.4, 0.5) is 4.79 Å². The molecule has 2 fully saturated rings. The number of fused-ring (bicyclic) bond motifs is 1. The van der Waals surface area contributed by atoms with Crippen LogP contribution in [0.5, 0.6) is 0 Å². The number of nitrogens with zero attached hydrogens (tertiary/aromatic N) is 4. The molecule has 0 spiro atoms. The van der Waals surface area contributed by atoms with Crippen LogP contribution in [0.2, 0.25) is 0 Å². The topological polar surface area (TPSA) is 76.2 Å². The van der Waals surface area contributed by atoms with Gasteiger partial charge >= 0.3 is 6.03 Å². The van der Waals surface area contributed by atoms with Crippen LogP contribution in [0.1, 0.15) is 30.5 Å². The molecule has 194 valence electrons. The monoisotopic (exact) mass is 519 g/mol. The first-order chi connectivity index (χ1) is 18.0. The number of benzene rings is 2. The second-order valence-corrected chi connectivity index (χ2v) is 10.2. The Morgan fingerprint density at radius 3 is 2.46 bits per heavy atom. The first-order valence-electron chi connectivity index (χ1n) is 12.4. The summed E-state index contributed by atoms with van der Waals surface area (Å²) in [7, 11) is 0. The third-order valence-corrected chi connectivity index (χ3v) is 7.54. The molecule has 2 saturated heterocycles. The Hall–Kier alpha value is -3.48. The lowest BCUT2D eigenvalue weighted by Gasteiger charge is -2.55. The van der Waals surface area contributed by atoms with Crippen LogP contribution in [0, 0.1) is 12.3 Å². The predicted molar refractivity (Wildman–Crippen MR) is 145 cm³/mol. The van der Waals surface area contributed by atoms with Crippen molar-refractivity contribution >= 4 is 29.6 Å². The van der Waals surface area contributed by atoms with Crippen molar-refractivity contribution in [3.8, 4) is 12.3 Å². The number of piperazine rings is 1. The lowest BCUT2D eigenvalue weighted by atomic mass is 9.99. The van der Waals surface area contributed by atoms with Gasteiger partial charge < -0.3 is 15.1 Å². The van der Waals surface area contributed by atoms with Crippen molar-refractivity contribution in [1.82, 2.24) is 25.1 Å². The zero-order valence-corrected chi connectivity index (χ0v) is 22.1. The SMILES string of the molecule is C#CCN1CC(=O)N2[C@@H](CCSC)C(=O)N(C(C)c3ccccc3)C[C@@H]2N1C(=O)NCc1ccccc1. The number of hydrazine groups is 1. The number of nitrogens with one attached hydrogen (secondary N) is 1. The normalized spacial score (nSPS) is 20.8. The Morgan fingerprint density at radius 1 is 1.14 bits per heavy atom. The fourth-order valence-corrected chi connectivity index (χ4v) is 5.48. The number of terminal acetylenes is 1. The maximum absolute atomic E-state index is 13.8. The average Bonchev–Trinajstić information content (AvgIpc) is 2.92. The number of carbonyl (C=O) groups excluding carboxylic acids is 3. The van der Waals surface area contributed by atoms with Gasteiger partial charge in [0.15, 0.2) is 0 Å². The van der Waals surface area contributed by atoms with Crippen LogP contribution in [-0.4, -0.2) is 81.5 Å². The Kier molecular flexibility index (Phi) is 8.74. The van der Waals surface area contributed by atoms with Crippen molar-refractivity contribution in [1.29, 1.82) is 0 Å². The van der Waals surface area contributed by atoms with E-state index in [2.05, 4.69) is 11.2 Å². The molecule has 4 rings (SSSR count). The molecule has 2 aromatic carbocycles. The molecule has 1 N–H and O–H groups in total. The Labute approximate surface area is 222 Å². The van der Waals surface area contributed by atoms with E-state index < -0.39 is 12.2 Å². The molecule has 9 heteroatoms. The van der Waals surface area contributed by atoms with E-state index in [1.54, 1.807) is 31.6 Å². The van der Waals surface area contributed by atoms with Crippen LogP contribution < -0.4 is 5.32 Å². The molecule has 0 saturated carbocycles. The minimum atomic E-state index is -0.666. The molecule has 0 aliphatic carbocycles. The van der Waals surface area contributed by atoms with E-state index in [0.29, 0.717) is 13.0 Å². The quantitative estimate of drug-likeness (QED) is 0.543. The molecule has 4 amide bonds. The fourth-order valence-electron chi connectivity index (χ4n) is 5.02. The van der Waals surface area contributed by atoms with Gasteiger partial charge in [0.2, 0.25) is 11.8 Å². The van der Waals surface area contributed by atoms with Crippen molar-refractivity contribution in [3.05, 3.63) is 71.8 Å². The van der Waals surface area contributed by atoms with E-state index in [1.807, 2.05) is 73.8 Å². The highest BCUT2D eigenvalue weighted by atomic mass is 32.2. The summed E-state index contributed by atoms with van der Waals surface area (Å²) in [6.07, 6.45) is 7.45. The highest BCUT2D eigenvalue weighted by Crippen LogP contribution is 2.33. The molecule has 37 heavy (non-hydrogen) atoms. The Balaban J connectivity index is 1.68. The smallest absolute Gasteiger partial charge is 0.333 e. The van der Waals surface area contributed by atoms with E-state index in [0.717, 1.165) is 16.9 Å². The van der Waals surface area contributed by atoms with Crippen LogP contribution in [0.15, 0.2) is 60.7 Å². The summed E-state index contributed by atoms with van der Waals surface area (Å²) in [6.45, 7) is 2.55. The minimum Gasteiger partial charge on any atom is -0.333 e. The van der Waals surface area contributed by atoms with Gasteiger partial charge in [-0.1, -0.05) is 66.6 Å². The van der Waals surface area contributed by atoms with Crippen molar-refractivity contribution in [2.45, 2.75) is 38.1 Å². The molecule has 1 unspecified atom stereocenters. The highest BCUT2D eigenvalue weighted by molar-refractivity contribution is 7.98. The standard InChI is InChI=1S/C28H33N5O3S/c1-4-16-30-20-26(34)32-24(15-17-37-3)27(35)31(21(2)23-13-9-6-10-14-23)19-25(32)33(30)28(36)29-18-22-11-7-5-8-12-22/h1,5-14,21,24-25H,15-20H2,2-3H3,(H,29,36)/t21?,24-,25-/m0/s1. The van der Waals surface area contributed by atoms with E-state index in [1.165, 1.54) is 0 Å². The second kappa shape index (κ2) is 12.2. The van der Waals surface area contributed by atoms with Crippen molar-refractivity contribution in [2.75, 3.05) is 31.6 Å². The van der Waals surface area contributed by atoms with Gasteiger partial charge in [-0.2, -0.15) is 16.8 Å². The van der Waals surface area contributed by atoms with Gasteiger partial charge in [0.05, 0.1) is 25.7 Å². The highest BCUT2D eigenvalue weighted by Gasteiger charge is 2.51. The summed E-state index contributed by atoms with van der Waals surface area (Å²) in [5.41, 5.74) is 1.95.